The van der Waals surface area contributed by atoms with E-state index in [0.29, 0.717) is 50.1 Å². The molecule has 0 saturated carbocycles. The first-order valence-electron chi connectivity index (χ1n) is 15.0. The molecular formula is C31H41FN8O3. The molecule has 2 aromatic heterocycles. The minimum Gasteiger partial charge on any atom is -0.460 e. The molecule has 12 heteroatoms. The number of rotatable bonds is 9. The molecule has 0 radical (unpaired) electrons. The van der Waals surface area contributed by atoms with E-state index >= 15 is 4.39 Å². The molecule has 2 fully saturated rings. The highest BCUT2D eigenvalue weighted by atomic mass is 19.1. The van der Waals surface area contributed by atoms with Gasteiger partial charge in [0.05, 0.1) is 17.8 Å². The normalized spacial score (nSPS) is 18.2. The van der Waals surface area contributed by atoms with Crippen LogP contribution in [0.3, 0.4) is 0 Å². The van der Waals surface area contributed by atoms with Gasteiger partial charge in [0, 0.05) is 45.3 Å². The zero-order valence-corrected chi connectivity index (χ0v) is 25.4. The molecule has 1 aromatic carbocycles. The number of carbonyl (C=O) groups excluding carboxylic acids is 2. The van der Waals surface area contributed by atoms with Crippen molar-refractivity contribution in [3.8, 4) is 6.01 Å². The van der Waals surface area contributed by atoms with Crippen LogP contribution in [0, 0.1) is 11.7 Å². The lowest BCUT2D eigenvalue weighted by Crippen LogP contribution is -2.45. The maximum Gasteiger partial charge on any atom is 0.322 e. The number of aromatic nitrogens is 4. The number of nitrogens with one attached hydrogen (secondary N) is 1. The number of halogens is 1. The van der Waals surface area contributed by atoms with Crippen molar-refractivity contribution in [1.82, 2.24) is 29.4 Å². The average Bonchev–Trinajstić information content (AvgIpc) is 3.45. The molecule has 2 aliphatic rings. The first kappa shape index (κ1) is 30.4. The summed E-state index contributed by atoms with van der Waals surface area (Å²) >= 11 is 0. The number of anilines is 2. The summed E-state index contributed by atoms with van der Waals surface area (Å²) in [5.41, 5.74) is 2.59. The molecule has 0 spiro atoms. The Morgan fingerprint density at radius 1 is 1.21 bits per heavy atom. The van der Waals surface area contributed by atoms with Crippen molar-refractivity contribution in [3.05, 3.63) is 54.0 Å². The molecule has 0 bridgehead atoms. The number of benzene rings is 1. The molecule has 1 unspecified atom stereocenters. The molecule has 1 N–H and O–H groups in total. The number of piperidine rings is 2. The van der Waals surface area contributed by atoms with Crippen LogP contribution in [0.1, 0.15) is 56.6 Å². The standard InChI is InChI=1S/C31H41FN8O3/c1-6-27(41)39-13-7-8-22(19-39)29(42)38(5)26-16-21(9-10-25(26)32)17-33-30-36-31(43-23-11-14-37(4)15-12-23)35-28-24(20(2)3)18-34-40(28)30/h6,9-10,16,18,20,22-23H,1,7-8,11-15,17,19H2,2-5H3,(H,33,35,36). The summed E-state index contributed by atoms with van der Waals surface area (Å²) in [7, 11) is 3.68. The number of amides is 2. The topological polar surface area (TPSA) is 108 Å². The number of hydrogen-bond acceptors (Lipinski definition) is 8. The van der Waals surface area contributed by atoms with Gasteiger partial charge in [-0.25, -0.2) is 4.39 Å². The average molecular weight is 593 g/mol. The second-order valence-corrected chi connectivity index (χ2v) is 11.8. The molecule has 2 saturated heterocycles. The predicted octanol–water partition coefficient (Wildman–Crippen LogP) is 3.86. The van der Waals surface area contributed by atoms with Crippen LogP contribution in [0.25, 0.3) is 5.65 Å². The highest BCUT2D eigenvalue weighted by Gasteiger charge is 2.31. The molecule has 2 aliphatic heterocycles. The lowest BCUT2D eigenvalue weighted by molar-refractivity contribution is -0.130. The summed E-state index contributed by atoms with van der Waals surface area (Å²) in [6, 6.07) is 4.99. The van der Waals surface area contributed by atoms with Gasteiger partial charge in [-0.15, -0.1) is 0 Å². The van der Waals surface area contributed by atoms with Gasteiger partial charge in [0.1, 0.15) is 11.9 Å². The van der Waals surface area contributed by atoms with Gasteiger partial charge in [0.25, 0.3) is 0 Å². The Morgan fingerprint density at radius 2 is 1.98 bits per heavy atom. The molecule has 230 valence electrons. The number of hydrogen-bond donors (Lipinski definition) is 1. The van der Waals surface area contributed by atoms with Gasteiger partial charge in [0.15, 0.2) is 5.65 Å². The van der Waals surface area contributed by atoms with E-state index in [4.69, 9.17) is 9.72 Å². The monoisotopic (exact) mass is 592 g/mol. The van der Waals surface area contributed by atoms with Crippen molar-refractivity contribution in [2.24, 2.45) is 5.92 Å². The lowest BCUT2D eigenvalue weighted by atomic mass is 9.96. The largest absolute Gasteiger partial charge is 0.460 e. The molecule has 0 aliphatic carbocycles. The van der Waals surface area contributed by atoms with Crippen molar-refractivity contribution < 1.29 is 18.7 Å². The molecule has 1 atom stereocenters. The van der Waals surface area contributed by atoms with E-state index in [-0.39, 0.29) is 29.5 Å². The van der Waals surface area contributed by atoms with Gasteiger partial charge in [0.2, 0.25) is 17.8 Å². The maximum atomic E-state index is 15.0. The molecule has 2 amide bonds. The summed E-state index contributed by atoms with van der Waals surface area (Å²) in [5.74, 6) is -0.663. The highest BCUT2D eigenvalue weighted by Crippen LogP contribution is 2.27. The van der Waals surface area contributed by atoms with Gasteiger partial charge in [-0.05, 0) is 62.4 Å². The smallest absolute Gasteiger partial charge is 0.322 e. The first-order chi connectivity index (χ1) is 20.6. The Balaban J connectivity index is 1.34. The second kappa shape index (κ2) is 13.1. The number of likely N-dealkylation sites (tertiary alicyclic amines) is 2. The number of ether oxygens (including phenoxy) is 1. The second-order valence-electron chi connectivity index (χ2n) is 11.8. The SMILES string of the molecule is C=CC(=O)N1CCCC(C(=O)N(C)c2cc(CNc3nc(OC4CCN(C)CC4)nc4c(C(C)C)cnn34)ccc2F)C1. The Labute approximate surface area is 251 Å². The minimum atomic E-state index is -0.499. The van der Waals surface area contributed by atoms with E-state index in [1.165, 1.54) is 17.0 Å². The van der Waals surface area contributed by atoms with Crippen molar-refractivity contribution in [3.63, 3.8) is 0 Å². The fourth-order valence-electron chi connectivity index (χ4n) is 5.71. The van der Waals surface area contributed by atoms with Gasteiger partial charge in [-0.1, -0.05) is 26.5 Å². The maximum absolute atomic E-state index is 15.0. The van der Waals surface area contributed by atoms with Crippen LogP contribution >= 0.6 is 0 Å². The first-order valence-corrected chi connectivity index (χ1v) is 15.0. The fourth-order valence-corrected chi connectivity index (χ4v) is 5.71. The van der Waals surface area contributed by atoms with E-state index in [9.17, 15) is 9.59 Å². The van der Waals surface area contributed by atoms with Gasteiger partial charge < -0.3 is 24.8 Å². The van der Waals surface area contributed by atoms with Crippen LogP contribution in [-0.2, 0) is 16.1 Å². The zero-order valence-electron chi connectivity index (χ0n) is 25.4. The fraction of sp³-hybridized carbons (Fsp3) is 0.516. The van der Waals surface area contributed by atoms with Gasteiger partial charge >= 0.3 is 6.01 Å². The van der Waals surface area contributed by atoms with Crippen LogP contribution in [0.5, 0.6) is 6.01 Å². The summed E-state index contributed by atoms with van der Waals surface area (Å²) in [4.78, 5) is 40.1. The number of nitrogens with zero attached hydrogens (tertiary/aromatic N) is 7. The lowest BCUT2D eigenvalue weighted by Gasteiger charge is -2.33. The third-order valence-corrected chi connectivity index (χ3v) is 8.34. The van der Waals surface area contributed by atoms with Crippen LogP contribution in [-0.4, -0.2) is 87.6 Å². The van der Waals surface area contributed by atoms with Crippen molar-refractivity contribution in [2.45, 2.75) is 58.1 Å². The summed E-state index contributed by atoms with van der Waals surface area (Å²) in [6.07, 6.45) is 6.24. The third-order valence-electron chi connectivity index (χ3n) is 8.34. The summed E-state index contributed by atoms with van der Waals surface area (Å²) in [6.45, 7) is 10.8. The van der Waals surface area contributed by atoms with Crippen LogP contribution in [0.2, 0.25) is 0 Å². The zero-order chi connectivity index (χ0) is 30.7. The molecular weight excluding hydrogens is 551 g/mol. The molecule has 43 heavy (non-hydrogen) atoms. The quantitative estimate of drug-likeness (QED) is 0.374. The van der Waals surface area contributed by atoms with Crippen LogP contribution in [0.15, 0.2) is 37.1 Å². The third kappa shape index (κ3) is 6.79. The van der Waals surface area contributed by atoms with Crippen molar-refractivity contribution in [1.29, 1.82) is 0 Å². The van der Waals surface area contributed by atoms with Gasteiger partial charge in [-0.3, -0.25) is 9.59 Å². The van der Waals surface area contributed by atoms with Gasteiger partial charge in [-0.2, -0.15) is 19.6 Å². The van der Waals surface area contributed by atoms with E-state index in [1.54, 1.807) is 34.8 Å². The van der Waals surface area contributed by atoms with E-state index < -0.39 is 11.7 Å². The van der Waals surface area contributed by atoms with E-state index in [2.05, 4.69) is 47.8 Å². The van der Waals surface area contributed by atoms with E-state index in [0.717, 1.165) is 37.1 Å². The highest BCUT2D eigenvalue weighted by molar-refractivity contribution is 5.95. The Hall–Kier alpha value is -4.06. The summed E-state index contributed by atoms with van der Waals surface area (Å²) in [5, 5.41) is 7.85. The predicted molar refractivity (Wildman–Crippen MR) is 163 cm³/mol. The molecule has 11 nitrogen and oxygen atoms in total. The summed E-state index contributed by atoms with van der Waals surface area (Å²) < 4.78 is 22.9. The van der Waals surface area contributed by atoms with E-state index in [1.807, 2.05) is 0 Å². The minimum absolute atomic E-state index is 0.0378. The number of fused-ring (bicyclic) bond motifs is 1. The van der Waals surface area contributed by atoms with Crippen LogP contribution in [0.4, 0.5) is 16.0 Å². The van der Waals surface area contributed by atoms with Crippen molar-refractivity contribution >= 4 is 29.1 Å². The van der Waals surface area contributed by atoms with Crippen LogP contribution < -0.4 is 15.0 Å². The Kier molecular flexibility index (Phi) is 9.24. The Morgan fingerprint density at radius 3 is 2.70 bits per heavy atom. The number of carbonyl (C=O) groups is 2. The Bertz CT molecular complexity index is 1480. The van der Waals surface area contributed by atoms with Crippen molar-refractivity contribution in [2.75, 3.05) is 50.5 Å². The molecule has 3 aromatic rings. The molecule has 5 rings (SSSR count). The molecule has 4 heterocycles.